The summed E-state index contributed by atoms with van der Waals surface area (Å²) in [5.41, 5.74) is 8.20. The van der Waals surface area contributed by atoms with E-state index >= 15 is 0 Å². The van der Waals surface area contributed by atoms with Crippen LogP contribution in [0, 0.1) is 0 Å². The van der Waals surface area contributed by atoms with E-state index in [1.807, 2.05) is 0 Å². The second kappa shape index (κ2) is 5.72. The second-order valence-electron chi connectivity index (χ2n) is 5.52. The van der Waals surface area contributed by atoms with Crippen LogP contribution >= 0.6 is 0 Å². The molecule has 18 heavy (non-hydrogen) atoms. The fourth-order valence-corrected chi connectivity index (χ4v) is 2.87. The van der Waals surface area contributed by atoms with Crippen LogP contribution in [0.25, 0.3) is 0 Å². The first-order valence-corrected chi connectivity index (χ1v) is 6.91. The molecule has 1 aliphatic carbocycles. The number of rotatable bonds is 4. The average molecular weight is 247 g/mol. The standard InChI is InChI=1S/C15H25N3/c1-18(2)15(9-4-3-5-10-15)17-14-8-6-7-13(11-14)12-16/h6-8,11,17H,3-5,9-10,12,16H2,1-2H3. The van der Waals surface area contributed by atoms with Gasteiger partial charge in [0.15, 0.2) is 0 Å². The minimum Gasteiger partial charge on any atom is -0.367 e. The number of hydrogen-bond donors (Lipinski definition) is 2. The highest BCUT2D eigenvalue weighted by molar-refractivity contribution is 5.47. The molecule has 3 N–H and O–H groups in total. The first-order chi connectivity index (χ1) is 8.66. The summed E-state index contributed by atoms with van der Waals surface area (Å²) < 4.78 is 0. The van der Waals surface area contributed by atoms with Gasteiger partial charge in [-0.1, -0.05) is 18.6 Å². The van der Waals surface area contributed by atoms with Gasteiger partial charge in [-0.2, -0.15) is 0 Å². The molecular formula is C15H25N3. The summed E-state index contributed by atoms with van der Waals surface area (Å²) in [5, 5.41) is 3.74. The molecule has 0 aromatic heterocycles. The van der Waals surface area contributed by atoms with E-state index in [1.165, 1.54) is 43.4 Å². The Morgan fingerprint density at radius 3 is 2.56 bits per heavy atom. The summed E-state index contributed by atoms with van der Waals surface area (Å²) >= 11 is 0. The maximum Gasteiger partial charge on any atom is 0.0901 e. The Kier molecular flexibility index (Phi) is 4.25. The topological polar surface area (TPSA) is 41.3 Å². The van der Waals surface area contributed by atoms with Gasteiger partial charge in [-0.05, 0) is 57.5 Å². The molecule has 100 valence electrons. The summed E-state index contributed by atoms with van der Waals surface area (Å²) in [7, 11) is 4.34. The Morgan fingerprint density at radius 1 is 1.22 bits per heavy atom. The summed E-state index contributed by atoms with van der Waals surface area (Å²) in [6.07, 6.45) is 6.41. The van der Waals surface area contributed by atoms with Crippen molar-refractivity contribution in [3.05, 3.63) is 29.8 Å². The maximum atomic E-state index is 5.71. The third kappa shape index (κ3) is 2.85. The Labute approximate surface area is 110 Å². The van der Waals surface area contributed by atoms with Gasteiger partial charge in [-0.25, -0.2) is 0 Å². The molecule has 1 aromatic rings. The smallest absolute Gasteiger partial charge is 0.0901 e. The largest absolute Gasteiger partial charge is 0.367 e. The predicted molar refractivity (Wildman–Crippen MR) is 77.5 cm³/mol. The van der Waals surface area contributed by atoms with Crippen LogP contribution in [-0.4, -0.2) is 24.7 Å². The summed E-state index contributed by atoms with van der Waals surface area (Å²) in [6.45, 7) is 0.602. The van der Waals surface area contributed by atoms with Gasteiger partial charge in [0.25, 0.3) is 0 Å². The van der Waals surface area contributed by atoms with Gasteiger partial charge in [0, 0.05) is 12.2 Å². The molecule has 0 bridgehead atoms. The predicted octanol–water partition coefficient (Wildman–Crippen LogP) is 2.78. The molecule has 0 spiro atoms. The first-order valence-electron chi connectivity index (χ1n) is 6.91. The van der Waals surface area contributed by atoms with E-state index in [1.54, 1.807) is 0 Å². The van der Waals surface area contributed by atoms with Crippen LogP contribution in [0.2, 0.25) is 0 Å². The zero-order chi connectivity index (χ0) is 13.0. The van der Waals surface area contributed by atoms with Gasteiger partial charge in [0.05, 0.1) is 5.66 Å². The molecule has 0 amide bonds. The highest BCUT2D eigenvalue weighted by Crippen LogP contribution is 2.33. The van der Waals surface area contributed by atoms with E-state index in [0.717, 1.165) is 0 Å². The Morgan fingerprint density at radius 2 is 1.94 bits per heavy atom. The van der Waals surface area contributed by atoms with Crippen molar-refractivity contribution in [2.45, 2.75) is 44.3 Å². The van der Waals surface area contributed by atoms with Crippen molar-refractivity contribution in [3.8, 4) is 0 Å². The molecule has 0 unspecified atom stereocenters. The van der Waals surface area contributed by atoms with Gasteiger partial charge in [0.2, 0.25) is 0 Å². The van der Waals surface area contributed by atoms with Crippen LogP contribution in [0.5, 0.6) is 0 Å². The fraction of sp³-hybridized carbons (Fsp3) is 0.600. The van der Waals surface area contributed by atoms with Crippen molar-refractivity contribution < 1.29 is 0 Å². The number of nitrogens with one attached hydrogen (secondary N) is 1. The van der Waals surface area contributed by atoms with Gasteiger partial charge >= 0.3 is 0 Å². The zero-order valence-electron chi connectivity index (χ0n) is 11.6. The molecule has 0 atom stereocenters. The number of anilines is 1. The molecular weight excluding hydrogens is 222 g/mol. The third-order valence-corrected chi connectivity index (χ3v) is 4.08. The van der Waals surface area contributed by atoms with E-state index in [2.05, 4.69) is 48.6 Å². The zero-order valence-corrected chi connectivity index (χ0v) is 11.6. The number of benzene rings is 1. The molecule has 1 aromatic carbocycles. The van der Waals surface area contributed by atoms with Crippen molar-refractivity contribution in [2.24, 2.45) is 5.73 Å². The molecule has 2 rings (SSSR count). The summed E-state index contributed by atoms with van der Waals surface area (Å²) in [5.74, 6) is 0. The van der Waals surface area contributed by atoms with Crippen molar-refractivity contribution in [1.29, 1.82) is 0 Å². The quantitative estimate of drug-likeness (QED) is 0.804. The first kappa shape index (κ1) is 13.4. The Bertz CT molecular complexity index is 381. The molecule has 3 heteroatoms. The highest BCUT2D eigenvalue weighted by atomic mass is 15.3. The van der Waals surface area contributed by atoms with Crippen LogP contribution in [0.15, 0.2) is 24.3 Å². The van der Waals surface area contributed by atoms with Crippen LogP contribution in [0.3, 0.4) is 0 Å². The van der Waals surface area contributed by atoms with E-state index in [0.29, 0.717) is 6.54 Å². The molecule has 0 aliphatic heterocycles. The average Bonchev–Trinajstić information content (AvgIpc) is 2.40. The molecule has 0 saturated heterocycles. The van der Waals surface area contributed by atoms with E-state index in [4.69, 9.17) is 5.73 Å². The van der Waals surface area contributed by atoms with Crippen molar-refractivity contribution >= 4 is 5.69 Å². The van der Waals surface area contributed by atoms with Crippen molar-refractivity contribution in [2.75, 3.05) is 19.4 Å². The van der Waals surface area contributed by atoms with E-state index < -0.39 is 0 Å². The van der Waals surface area contributed by atoms with Crippen molar-refractivity contribution in [3.63, 3.8) is 0 Å². The molecule has 1 saturated carbocycles. The Balaban J connectivity index is 2.17. The van der Waals surface area contributed by atoms with E-state index in [-0.39, 0.29) is 5.66 Å². The lowest BCUT2D eigenvalue weighted by molar-refractivity contribution is 0.130. The Hall–Kier alpha value is -1.06. The van der Waals surface area contributed by atoms with Crippen molar-refractivity contribution in [1.82, 2.24) is 4.90 Å². The monoisotopic (exact) mass is 247 g/mol. The number of nitrogens with two attached hydrogens (primary N) is 1. The molecule has 1 aliphatic rings. The summed E-state index contributed by atoms with van der Waals surface area (Å²) in [6, 6.07) is 8.46. The molecule has 3 nitrogen and oxygen atoms in total. The van der Waals surface area contributed by atoms with Gasteiger partial charge < -0.3 is 11.1 Å². The van der Waals surface area contributed by atoms with E-state index in [9.17, 15) is 0 Å². The SMILES string of the molecule is CN(C)C1(Nc2cccc(CN)c2)CCCCC1. The van der Waals surface area contributed by atoms with Crippen LogP contribution in [0.4, 0.5) is 5.69 Å². The maximum absolute atomic E-state index is 5.71. The van der Waals surface area contributed by atoms with Crippen LogP contribution in [-0.2, 0) is 6.54 Å². The van der Waals surface area contributed by atoms with Crippen LogP contribution in [0.1, 0.15) is 37.7 Å². The minimum absolute atomic E-state index is 0.117. The number of hydrogen-bond acceptors (Lipinski definition) is 3. The van der Waals surface area contributed by atoms with Gasteiger partial charge in [-0.15, -0.1) is 0 Å². The molecule has 0 heterocycles. The lowest BCUT2D eigenvalue weighted by atomic mass is 9.87. The third-order valence-electron chi connectivity index (χ3n) is 4.08. The fourth-order valence-electron chi connectivity index (χ4n) is 2.87. The lowest BCUT2D eigenvalue weighted by Crippen LogP contribution is -2.52. The van der Waals surface area contributed by atoms with Gasteiger partial charge in [-0.3, -0.25) is 4.90 Å². The van der Waals surface area contributed by atoms with Crippen LogP contribution < -0.4 is 11.1 Å². The highest BCUT2D eigenvalue weighted by Gasteiger charge is 2.33. The van der Waals surface area contributed by atoms with Gasteiger partial charge in [0.1, 0.15) is 0 Å². The summed E-state index contributed by atoms with van der Waals surface area (Å²) in [4.78, 5) is 2.33. The second-order valence-corrected chi connectivity index (χ2v) is 5.52. The normalized spacial score (nSPS) is 18.9. The molecule has 0 radical (unpaired) electrons. The lowest BCUT2D eigenvalue weighted by Gasteiger charge is -2.44. The molecule has 1 fully saturated rings. The minimum atomic E-state index is 0.117. The number of nitrogens with zero attached hydrogens (tertiary/aromatic N) is 1.